The number of rotatable bonds is 3. The van der Waals surface area contributed by atoms with Crippen LogP contribution in [0.2, 0.25) is 10.0 Å². The summed E-state index contributed by atoms with van der Waals surface area (Å²) in [6.07, 6.45) is 1.66. The Morgan fingerprint density at radius 3 is 2.56 bits per heavy atom. The SMILES string of the molecule is COc1cc(/C=C2/SC(=S)N(c3ccc(Cl)cc3)C2=O)cc(Cl)c1O. The maximum atomic E-state index is 12.7. The summed E-state index contributed by atoms with van der Waals surface area (Å²) in [7, 11) is 1.43. The van der Waals surface area contributed by atoms with Crippen LogP contribution < -0.4 is 9.64 Å². The fraction of sp³-hybridized carbons (Fsp3) is 0.0588. The average Bonchev–Trinajstić information content (AvgIpc) is 2.85. The smallest absolute Gasteiger partial charge is 0.270 e. The second kappa shape index (κ2) is 7.25. The highest BCUT2D eigenvalue weighted by Crippen LogP contribution is 2.39. The number of hydrogen-bond acceptors (Lipinski definition) is 5. The summed E-state index contributed by atoms with van der Waals surface area (Å²) < 4.78 is 5.50. The molecule has 25 heavy (non-hydrogen) atoms. The van der Waals surface area contributed by atoms with E-state index in [1.54, 1.807) is 42.5 Å². The van der Waals surface area contributed by atoms with E-state index in [2.05, 4.69) is 0 Å². The molecule has 0 radical (unpaired) electrons. The molecular weight excluding hydrogens is 401 g/mol. The number of thioether (sulfide) groups is 1. The Morgan fingerprint density at radius 2 is 1.92 bits per heavy atom. The van der Waals surface area contributed by atoms with Crippen molar-refractivity contribution in [3.05, 3.63) is 56.9 Å². The highest BCUT2D eigenvalue weighted by Gasteiger charge is 2.33. The van der Waals surface area contributed by atoms with Gasteiger partial charge in [0.1, 0.15) is 0 Å². The molecule has 0 spiro atoms. The first-order valence-electron chi connectivity index (χ1n) is 7.00. The van der Waals surface area contributed by atoms with Crippen LogP contribution in [-0.2, 0) is 4.79 Å². The van der Waals surface area contributed by atoms with Crippen molar-refractivity contribution in [3.8, 4) is 11.5 Å². The molecule has 0 aromatic heterocycles. The summed E-state index contributed by atoms with van der Waals surface area (Å²) in [6, 6.07) is 10.0. The zero-order chi connectivity index (χ0) is 18.1. The number of phenolic OH excluding ortho intramolecular Hbond substituents is 1. The topological polar surface area (TPSA) is 49.8 Å². The van der Waals surface area contributed by atoms with Crippen molar-refractivity contribution in [1.29, 1.82) is 0 Å². The van der Waals surface area contributed by atoms with Gasteiger partial charge in [0, 0.05) is 5.02 Å². The first-order chi connectivity index (χ1) is 11.9. The van der Waals surface area contributed by atoms with E-state index in [1.165, 1.54) is 23.8 Å². The number of thiocarbonyl (C=S) groups is 1. The lowest BCUT2D eigenvalue weighted by molar-refractivity contribution is -0.113. The largest absolute Gasteiger partial charge is 0.503 e. The fourth-order valence-corrected chi connectivity index (χ4v) is 3.91. The predicted octanol–water partition coefficient (Wildman–Crippen LogP) is 5.11. The molecule has 1 amide bonds. The monoisotopic (exact) mass is 411 g/mol. The molecule has 2 aromatic rings. The van der Waals surface area contributed by atoms with Crippen LogP contribution >= 0.6 is 47.2 Å². The number of amides is 1. The number of benzene rings is 2. The normalized spacial score (nSPS) is 16.0. The van der Waals surface area contributed by atoms with E-state index >= 15 is 0 Å². The second-order valence-electron chi connectivity index (χ2n) is 5.05. The molecule has 0 atom stereocenters. The van der Waals surface area contributed by atoms with Crippen molar-refractivity contribution in [2.75, 3.05) is 12.0 Å². The highest BCUT2D eigenvalue weighted by atomic mass is 35.5. The zero-order valence-corrected chi connectivity index (χ0v) is 16.0. The average molecular weight is 412 g/mol. The molecule has 8 heteroatoms. The summed E-state index contributed by atoms with van der Waals surface area (Å²) >= 11 is 18.4. The molecule has 0 saturated carbocycles. The van der Waals surface area contributed by atoms with Gasteiger partial charge in [-0.15, -0.1) is 0 Å². The molecule has 0 unspecified atom stereocenters. The molecule has 0 bridgehead atoms. The summed E-state index contributed by atoms with van der Waals surface area (Å²) in [5.74, 6) is -0.151. The van der Waals surface area contributed by atoms with E-state index in [-0.39, 0.29) is 22.4 Å². The van der Waals surface area contributed by atoms with Gasteiger partial charge >= 0.3 is 0 Å². The van der Waals surface area contributed by atoms with Gasteiger partial charge in [0.25, 0.3) is 5.91 Å². The minimum Gasteiger partial charge on any atom is -0.503 e. The van der Waals surface area contributed by atoms with Gasteiger partial charge in [-0.1, -0.05) is 47.2 Å². The molecule has 4 nitrogen and oxygen atoms in total. The number of ether oxygens (including phenoxy) is 1. The second-order valence-corrected chi connectivity index (χ2v) is 7.57. The maximum Gasteiger partial charge on any atom is 0.270 e. The van der Waals surface area contributed by atoms with E-state index in [4.69, 9.17) is 40.2 Å². The Kier molecular flexibility index (Phi) is 5.24. The van der Waals surface area contributed by atoms with Crippen LogP contribution in [0.3, 0.4) is 0 Å². The molecule has 1 aliphatic rings. The summed E-state index contributed by atoms with van der Waals surface area (Å²) in [6.45, 7) is 0. The van der Waals surface area contributed by atoms with Gasteiger partial charge in [0.15, 0.2) is 15.8 Å². The van der Waals surface area contributed by atoms with Crippen molar-refractivity contribution < 1.29 is 14.6 Å². The lowest BCUT2D eigenvalue weighted by Gasteiger charge is -2.14. The van der Waals surface area contributed by atoms with Crippen LogP contribution in [-0.4, -0.2) is 22.4 Å². The van der Waals surface area contributed by atoms with E-state index in [9.17, 15) is 9.90 Å². The van der Waals surface area contributed by atoms with Crippen LogP contribution in [0.1, 0.15) is 5.56 Å². The Balaban J connectivity index is 1.95. The lowest BCUT2D eigenvalue weighted by atomic mass is 10.1. The van der Waals surface area contributed by atoms with Gasteiger partial charge in [0.2, 0.25) is 0 Å². The lowest BCUT2D eigenvalue weighted by Crippen LogP contribution is -2.27. The minimum absolute atomic E-state index is 0.138. The Bertz CT molecular complexity index is 898. The van der Waals surface area contributed by atoms with Crippen LogP contribution in [0, 0.1) is 0 Å². The Hall–Kier alpha value is -1.73. The number of aromatic hydroxyl groups is 1. The third kappa shape index (κ3) is 3.62. The minimum atomic E-state index is -0.236. The fourth-order valence-electron chi connectivity index (χ4n) is 2.26. The number of hydrogen-bond donors (Lipinski definition) is 1. The van der Waals surface area contributed by atoms with Gasteiger partial charge < -0.3 is 9.84 Å². The quantitative estimate of drug-likeness (QED) is 0.561. The molecule has 1 heterocycles. The highest BCUT2D eigenvalue weighted by molar-refractivity contribution is 8.27. The van der Waals surface area contributed by atoms with Crippen LogP contribution in [0.25, 0.3) is 6.08 Å². The molecule has 1 aliphatic heterocycles. The Morgan fingerprint density at radius 1 is 1.24 bits per heavy atom. The number of nitrogens with zero attached hydrogens (tertiary/aromatic N) is 1. The van der Waals surface area contributed by atoms with Crippen molar-refractivity contribution in [1.82, 2.24) is 0 Å². The summed E-state index contributed by atoms with van der Waals surface area (Å²) in [5, 5.41) is 10.5. The molecule has 3 rings (SSSR count). The van der Waals surface area contributed by atoms with Crippen LogP contribution in [0.4, 0.5) is 5.69 Å². The zero-order valence-electron chi connectivity index (χ0n) is 12.8. The molecule has 128 valence electrons. The van der Waals surface area contributed by atoms with Crippen molar-refractivity contribution >= 4 is 69.2 Å². The van der Waals surface area contributed by atoms with Gasteiger partial charge in [-0.25, -0.2) is 0 Å². The maximum absolute atomic E-state index is 12.7. The first-order valence-corrected chi connectivity index (χ1v) is 8.99. The number of halogens is 2. The number of anilines is 1. The molecule has 0 aliphatic carbocycles. The van der Waals surface area contributed by atoms with E-state index in [0.29, 0.717) is 25.5 Å². The predicted molar refractivity (Wildman–Crippen MR) is 107 cm³/mol. The first kappa shape index (κ1) is 18.1. The molecule has 1 N–H and O–H groups in total. The van der Waals surface area contributed by atoms with E-state index in [0.717, 1.165) is 0 Å². The van der Waals surface area contributed by atoms with Gasteiger partial charge in [0.05, 0.1) is 22.7 Å². The third-order valence-corrected chi connectivity index (χ3v) is 5.29. The molecule has 1 fully saturated rings. The van der Waals surface area contributed by atoms with Gasteiger partial charge in [-0.3, -0.25) is 9.69 Å². The Labute approximate surface area is 164 Å². The van der Waals surface area contributed by atoms with Crippen LogP contribution in [0.5, 0.6) is 11.5 Å². The third-order valence-electron chi connectivity index (χ3n) is 3.45. The molecule has 2 aromatic carbocycles. The molecular formula is C17H11Cl2NO3S2. The van der Waals surface area contributed by atoms with Crippen molar-refractivity contribution in [3.63, 3.8) is 0 Å². The number of carbonyl (C=O) groups is 1. The van der Waals surface area contributed by atoms with E-state index < -0.39 is 0 Å². The number of carbonyl (C=O) groups excluding carboxylic acids is 1. The summed E-state index contributed by atoms with van der Waals surface area (Å²) in [5.41, 5.74) is 1.27. The van der Waals surface area contributed by atoms with E-state index in [1.807, 2.05) is 0 Å². The van der Waals surface area contributed by atoms with Crippen LogP contribution in [0.15, 0.2) is 41.3 Å². The van der Waals surface area contributed by atoms with Crippen molar-refractivity contribution in [2.45, 2.75) is 0 Å². The van der Waals surface area contributed by atoms with Gasteiger partial charge in [-0.05, 0) is 48.0 Å². The van der Waals surface area contributed by atoms with Gasteiger partial charge in [-0.2, -0.15) is 0 Å². The number of phenols is 1. The standard InChI is InChI=1S/C17H11Cl2NO3S2/c1-23-13-7-9(6-12(19)15(13)21)8-14-16(22)20(17(24)25-14)11-4-2-10(18)3-5-11/h2-8,21H,1H3/b14-8+. The summed E-state index contributed by atoms with van der Waals surface area (Å²) in [4.78, 5) is 14.6. The number of methoxy groups -OCH3 is 1. The molecule has 1 saturated heterocycles. The van der Waals surface area contributed by atoms with Crippen molar-refractivity contribution in [2.24, 2.45) is 0 Å².